The maximum Gasteiger partial charge on any atom is 0.219 e. The molecule has 3 aromatic carbocycles. The van der Waals surface area contributed by atoms with Crippen LogP contribution in [0.3, 0.4) is 0 Å². The molecule has 0 bridgehead atoms. The molecule has 0 aliphatic heterocycles. The molecule has 3 aromatic rings. The van der Waals surface area contributed by atoms with Gasteiger partial charge in [-0.2, -0.15) is 0 Å². The van der Waals surface area contributed by atoms with E-state index in [0.29, 0.717) is 0 Å². The fourth-order valence-electron chi connectivity index (χ4n) is 3.44. The maximum atomic E-state index is 11.7. The van der Waals surface area contributed by atoms with Gasteiger partial charge < -0.3 is 10.5 Å². The van der Waals surface area contributed by atoms with E-state index in [1.807, 2.05) is 91.0 Å². The number of benzene rings is 3. The van der Waals surface area contributed by atoms with E-state index in [-0.39, 0.29) is 6.42 Å². The summed E-state index contributed by atoms with van der Waals surface area (Å²) in [6, 6.07) is 29.0. The Morgan fingerprint density at radius 2 is 1.19 bits per heavy atom. The Balaban J connectivity index is 2.25. The molecule has 0 saturated heterocycles. The Labute approximate surface area is 159 Å². The van der Waals surface area contributed by atoms with Gasteiger partial charge in [-0.3, -0.25) is 10.1 Å². The van der Waals surface area contributed by atoms with E-state index < -0.39 is 17.5 Å². The lowest BCUT2D eigenvalue weighted by Crippen LogP contribution is -2.51. The molecule has 1 amide bonds. The minimum absolute atomic E-state index is 0.0717. The number of nitrogens with two attached hydrogens (primary N) is 1. The van der Waals surface area contributed by atoms with Crippen molar-refractivity contribution in [2.45, 2.75) is 18.0 Å². The van der Waals surface area contributed by atoms with Gasteiger partial charge in [0.1, 0.15) is 6.29 Å². The highest BCUT2D eigenvalue weighted by molar-refractivity contribution is 5.79. The lowest BCUT2D eigenvalue weighted by Gasteiger charge is -2.39. The van der Waals surface area contributed by atoms with Crippen LogP contribution < -0.4 is 11.1 Å². The predicted molar refractivity (Wildman–Crippen MR) is 106 cm³/mol. The smallest absolute Gasteiger partial charge is 0.219 e. The second-order valence-electron chi connectivity index (χ2n) is 6.41. The molecule has 0 aliphatic rings. The van der Waals surface area contributed by atoms with Gasteiger partial charge in [0.2, 0.25) is 5.91 Å². The number of primary amides is 1. The maximum absolute atomic E-state index is 11.7. The first-order valence-electron chi connectivity index (χ1n) is 8.84. The second-order valence-corrected chi connectivity index (χ2v) is 6.41. The first kappa shape index (κ1) is 18.5. The van der Waals surface area contributed by atoms with Crippen molar-refractivity contribution in [1.82, 2.24) is 5.32 Å². The lowest BCUT2D eigenvalue weighted by molar-refractivity contribution is -0.121. The second kappa shape index (κ2) is 8.43. The normalized spacial score (nSPS) is 12.3. The monoisotopic (exact) mass is 358 g/mol. The Bertz CT molecular complexity index is 783. The van der Waals surface area contributed by atoms with Crippen molar-refractivity contribution in [3.8, 4) is 0 Å². The third kappa shape index (κ3) is 3.96. The van der Waals surface area contributed by atoms with Crippen LogP contribution >= 0.6 is 0 Å². The molecule has 0 saturated carbocycles. The van der Waals surface area contributed by atoms with Gasteiger partial charge >= 0.3 is 0 Å². The number of carbonyl (C=O) groups is 2. The number of hydrogen-bond donors (Lipinski definition) is 2. The van der Waals surface area contributed by atoms with Gasteiger partial charge in [0.15, 0.2) is 0 Å². The molecule has 3 rings (SSSR count). The molecule has 0 heterocycles. The molecule has 136 valence electrons. The van der Waals surface area contributed by atoms with Crippen molar-refractivity contribution in [3.05, 3.63) is 108 Å². The van der Waals surface area contributed by atoms with Gasteiger partial charge in [-0.25, -0.2) is 0 Å². The zero-order chi connectivity index (χ0) is 19.1. The zero-order valence-electron chi connectivity index (χ0n) is 14.9. The van der Waals surface area contributed by atoms with E-state index in [4.69, 9.17) is 5.73 Å². The van der Waals surface area contributed by atoms with Crippen LogP contribution in [0, 0.1) is 0 Å². The molecule has 0 aliphatic carbocycles. The highest BCUT2D eigenvalue weighted by atomic mass is 16.1. The number of aldehydes is 1. The van der Waals surface area contributed by atoms with Gasteiger partial charge in [-0.15, -0.1) is 0 Å². The van der Waals surface area contributed by atoms with E-state index >= 15 is 0 Å². The first-order chi connectivity index (χ1) is 13.2. The summed E-state index contributed by atoms with van der Waals surface area (Å²) in [5.74, 6) is -0.525. The average molecular weight is 358 g/mol. The summed E-state index contributed by atoms with van der Waals surface area (Å²) in [6.07, 6.45) is 0.673. The quantitative estimate of drug-likeness (QED) is 0.480. The van der Waals surface area contributed by atoms with Crippen LogP contribution in [0.15, 0.2) is 91.0 Å². The fourth-order valence-corrected chi connectivity index (χ4v) is 3.44. The van der Waals surface area contributed by atoms with Crippen molar-refractivity contribution in [2.24, 2.45) is 5.73 Å². The summed E-state index contributed by atoms with van der Waals surface area (Å²) in [4.78, 5) is 23.2. The van der Waals surface area contributed by atoms with Crippen LogP contribution in [0.5, 0.6) is 0 Å². The van der Waals surface area contributed by atoms with E-state index in [1.165, 1.54) is 0 Å². The first-order valence-corrected chi connectivity index (χ1v) is 8.84. The van der Waals surface area contributed by atoms with Crippen LogP contribution in [-0.2, 0) is 15.1 Å². The van der Waals surface area contributed by atoms with Crippen LogP contribution in [0.1, 0.15) is 23.1 Å². The summed E-state index contributed by atoms with van der Waals surface area (Å²) in [5.41, 5.74) is 7.48. The average Bonchev–Trinajstić information content (AvgIpc) is 2.73. The van der Waals surface area contributed by atoms with E-state index in [9.17, 15) is 9.59 Å². The van der Waals surface area contributed by atoms with E-state index in [2.05, 4.69) is 5.32 Å². The minimum atomic E-state index is -0.801. The number of nitrogens with one attached hydrogen (secondary N) is 1. The fraction of sp³-hybridized carbons (Fsp3) is 0.130. The number of carbonyl (C=O) groups excluding carboxylic acids is 2. The van der Waals surface area contributed by atoms with Crippen molar-refractivity contribution >= 4 is 12.2 Å². The van der Waals surface area contributed by atoms with Crippen molar-refractivity contribution < 1.29 is 9.59 Å². The largest absolute Gasteiger partial charge is 0.370 e. The molecule has 1 atom stereocenters. The van der Waals surface area contributed by atoms with Gasteiger partial charge in [-0.05, 0) is 16.7 Å². The summed E-state index contributed by atoms with van der Waals surface area (Å²) in [7, 11) is 0. The summed E-state index contributed by atoms with van der Waals surface area (Å²) in [6.45, 7) is 0. The Morgan fingerprint density at radius 3 is 1.48 bits per heavy atom. The number of hydrogen-bond acceptors (Lipinski definition) is 3. The zero-order valence-corrected chi connectivity index (χ0v) is 14.9. The Kier molecular flexibility index (Phi) is 5.79. The summed E-state index contributed by atoms with van der Waals surface area (Å²) in [5, 5.41) is 3.43. The summed E-state index contributed by atoms with van der Waals surface area (Å²) >= 11 is 0. The molecular formula is C23H22N2O2. The van der Waals surface area contributed by atoms with Crippen LogP contribution in [0.4, 0.5) is 0 Å². The SMILES string of the molecule is NC(=O)C[C@@H](C=O)NC(c1ccccc1)(c1ccccc1)c1ccccc1. The van der Waals surface area contributed by atoms with Gasteiger partial charge in [0, 0.05) is 6.42 Å². The lowest BCUT2D eigenvalue weighted by atomic mass is 9.76. The van der Waals surface area contributed by atoms with Gasteiger partial charge in [0.25, 0.3) is 0 Å². The molecular weight excluding hydrogens is 336 g/mol. The molecule has 27 heavy (non-hydrogen) atoms. The van der Waals surface area contributed by atoms with E-state index in [0.717, 1.165) is 23.0 Å². The van der Waals surface area contributed by atoms with Crippen molar-refractivity contribution in [2.75, 3.05) is 0 Å². The molecule has 0 aromatic heterocycles. The van der Waals surface area contributed by atoms with Gasteiger partial charge in [0.05, 0.1) is 11.6 Å². The van der Waals surface area contributed by atoms with Crippen molar-refractivity contribution in [1.29, 1.82) is 0 Å². The van der Waals surface area contributed by atoms with Crippen LogP contribution in [0.2, 0.25) is 0 Å². The molecule has 0 unspecified atom stereocenters. The standard InChI is InChI=1S/C23H22N2O2/c24-22(27)16-21(17-26)25-23(18-10-4-1-5-11-18,19-12-6-2-7-13-19)20-14-8-3-9-15-20/h1-15,17,21,25H,16H2,(H2,24,27)/t21-/m0/s1. The van der Waals surface area contributed by atoms with Crippen LogP contribution in [-0.4, -0.2) is 18.2 Å². The highest BCUT2D eigenvalue weighted by Gasteiger charge is 2.38. The molecule has 4 heteroatoms. The third-order valence-electron chi connectivity index (χ3n) is 4.61. The molecule has 0 fully saturated rings. The molecule has 4 nitrogen and oxygen atoms in total. The minimum Gasteiger partial charge on any atom is -0.370 e. The van der Waals surface area contributed by atoms with Crippen molar-refractivity contribution in [3.63, 3.8) is 0 Å². The van der Waals surface area contributed by atoms with Crippen LogP contribution in [0.25, 0.3) is 0 Å². The Morgan fingerprint density at radius 1 is 0.815 bits per heavy atom. The highest BCUT2D eigenvalue weighted by Crippen LogP contribution is 2.37. The predicted octanol–water partition coefficient (Wildman–Crippen LogP) is 3.01. The van der Waals surface area contributed by atoms with Gasteiger partial charge in [-0.1, -0.05) is 91.0 Å². The third-order valence-corrected chi connectivity index (χ3v) is 4.61. The molecule has 0 spiro atoms. The molecule has 0 radical (unpaired) electrons. The molecule has 3 N–H and O–H groups in total. The topological polar surface area (TPSA) is 72.2 Å². The number of rotatable bonds is 8. The number of amides is 1. The summed E-state index contributed by atoms with van der Waals surface area (Å²) < 4.78 is 0. The Hall–Kier alpha value is -3.24. The van der Waals surface area contributed by atoms with E-state index in [1.54, 1.807) is 0 Å².